The van der Waals surface area contributed by atoms with E-state index in [2.05, 4.69) is 42.3 Å². The maximum absolute atomic E-state index is 5.74. The average molecular weight is 266 g/mol. The van der Waals surface area contributed by atoms with Crippen molar-refractivity contribution in [2.75, 3.05) is 17.7 Å². The van der Waals surface area contributed by atoms with Gasteiger partial charge in [0.1, 0.15) is 0 Å². The number of aryl methyl sites for hydroxylation is 2. The van der Waals surface area contributed by atoms with Crippen LogP contribution >= 0.6 is 0 Å². The first-order valence-corrected chi connectivity index (χ1v) is 7.40. The lowest BCUT2D eigenvalue weighted by Crippen LogP contribution is -2.16. The first kappa shape index (κ1) is 13.0. The van der Waals surface area contributed by atoms with Gasteiger partial charge in [-0.05, 0) is 66.6 Å². The fourth-order valence-corrected chi connectivity index (χ4v) is 2.98. The van der Waals surface area contributed by atoms with Crippen molar-refractivity contribution in [3.63, 3.8) is 0 Å². The molecule has 20 heavy (non-hydrogen) atoms. The SMILES string of the molecule is CN(Cc1ccc2c(c1)CCCC2)c1ccc(N)cc1. The normalized spacial score (nSPS) is 13.8. The highest BCUT2D eigenvalue weighted by Crippen LogP contribution is 2.24. The van der Waals surface area contributed by atoms with E-state index in [1.807, 2.05) is 12.1 Å². The van der Waals surface area contributed by atoms with Gasteiger partial charge in [-0.15, -0.1) is 0 Å². The fourth-order valence-electron chi connectivity index (χ4n) is 2.98. The zero-order valence-corrected chi connectivity index (χ0v) is 12.1. The number of nitrogens with zero attached hydrogens (tertiary/aromatic N) is 1. The number of nitrogens with two attached hydrogens (primary N) is 1. The smallest absolute Gasteiger partial charge is 0.0426 e. The predicted molar refractivity (Wildman–Crippen MR) is 86.0 cm³/mol. The van der Waals surface area contributed by atoms with Crippen molar-refractivity contribution in [3.05, 3.63) is 59.2 Å². The fraction of sp³-hybridized carbons (Fsp3) is 0.333. The molecule has 0 amide bonds. The monoisotopic (exact) mass is 266 g/mol. The number of hydrogen-bond donors (Lipinski definition) is 1. The minimum absolute atomic E-state index is 0.816. The van der Waals surface area contributed by atoms with E-state index in [0.717, 1.165) is 12.2 Å². The Morgan fingerprint density at radius 3 is 2.40 bits per heavy atom. The summed E-state index contributed by atoms with van der Waals surface area (Å²) in [5, 5.41) is 0. The Hall–Kier alpha value is -1.96. The third-order valence-electron chi connectivity index (χ3n) is 4.17. The molecule has 0 atom stereocenters. The molecule has 0 saturated heterocycles. The molecule has 2 N–H and O–H groups in total. The largest absolute Gasteiger partial charge is 0.399 e. The molecule has 2 heteroatoms. The molecular formula is C18H22N2. The van der Waals surface area contributed by atoms with E-state index >= 15 is 0 Å². The topological polar surface area (TPSA) is 29.3 Å². The third-order valence-corrected chi connectivity index (χ3v) is 4.17. The molecule has 0 fully saturated rings. The third kappa shape index (κ3) is 2.79. The van der Waals surface area contributed by atoms with Gasteiger partial charge in [-0.25, -0.2) is 0 Å². The number of hydrogen-bond acceptors (Lipinski definition) is 2. The quantitative estimate of drug-likeness (QED) is 0.857. The molecular weight excluding hydrogens is 244 g/mol. The van der Waals surface area contributed by atoms with Gasteiger partial charge in [-0.2, -0.15) is 0 Å². The van der Waals surface area contributed by atoms with Gasteiger partial charge in [0, 0.05) is 25.0 Å². The highest BCUT2D eigenvalue weighted by atomic mass is 15.1. The number of nitrogen functional groups attached to an aromatic ring is 1. The molecule has 0 aliphatic heterocycles. The van der Waals surface area contributed by atoms with Gasteiger partial charge in [0.05, 0.1) is 0 Å². The molecule has 0 unspecified atom stereocenters. The van der Waals surface area contributed by atoms with Gasteiger partial charge in [0.2, 0.25) is 0 Å². The van der Waals surface area contributed by atoms with Crippen LogP contribution in [-0.2, 0) is 19.4 Å². The minimum atomic E-state index is 0.816. The van der Waals surface area contributed by atoms with E-state index in [1.54, 1.807) is 11.1 Å². The summed E-state index contributed by atoms with van der Waals surface area (Å²) in [6, 6.07) is 15.1. The van der Waals surface area contributed by atoms with Crippen LogP contribution in [0.5, 0.6) is 0 Å². The van der Waals surface area contributed by atoms with E-state index in [-0.39, 0.29) is 0 Å². The number of rotatable bonds is 3. The number of anilines is 2. The van der Waals surface area contributed by atoms with Crippen molar-refractivity contribution in [2.24, 2.45) is 0 Å². The standard InChI is InChI=1S/C18H22N2/c1-20(18-10-8-17(19)9-11-18)13-14-6-7-15-4-2-3-5-16(15)12-14/h6-12H,2-5,13,19H2,1H3. The van der Waals surface area contributed by atoms with E-state index in [9.17, 15) is 0 Å². The van der Waals surface area contributed by atoms with Gasteiger partial charge >= 0.3 is 0 Å². The summed E-state index contributed by atoms with van der Waals surface area (Å²) in [4.78, 5) is 2.27. The lowest BCUT2D eigenvalue weighted by atomic mass is 9.90. The van der Waals surface area contributed by atoms with Crippen molar-refractivity contribution >= 4 is 11.4 Å². The Balaban J connectivity index is 1.75. The molecule has 2 nitrogen and oxygen atoms in total. The second-order valence-corrected chi connectivity index (χ2v) is 5.76. The first-order valence-electron chi connectivity index (χ1n) is 7.40. The van der Waals surface area contributed by atoms with Crippen molar-refractivity contribution in [1.29, 1.82) is 0 Å². The van der Waals surface area contributed by atoms with Crippen molar-refractivity contribution < 1.29 is 0 Å². The highest BCUT2D eigenvalue weighted by molar-refractivity contribution is 5.53. The Bertz CT molecular complexity index is 587. The van der Waals surface area contributed by atoms with E-state index in [1.165, 1.54) is 36.9 Å². The maximum Gasteiger partial charge on any atom is 0.0426 e. The van der Waals surface area contributed by atoms with Crippen LogP contribution in [0.4, 0.5) is 11.4 Å². The van der Waals surface area contributed by atoms with Crippen LogP contribution in [0.3, 0.4) is 0 Å². The van der Waals surface area contributed by atoms with Crippen LogP contribution in [-0.4, -0.2) is 7.05 Å². The average Bonchev–Trinajstić information content (AvgIpc) is 2.48. The summed E-state index contributed by atoms with van der Waals surface area (Å²) in [6.45, 7) is 0.942. The molecule has 0 spiro atoms. The summed E-state index contributed by atoms with van der Waals surface area (Å²) in [7, 11) is 2.13. The summed E-state index contributed by atoms with van der Waals surface area (Å²) in [5.41, 5.74) is 12.3. The Labute approximate surface area is 121 Å². The van der Waals surface area contributed by atoms with Crippen LogP contribution < -0.4 is 10.6 Å². The zero-order valence-electron chi connectivity index (χ0n) is 12.1. The molecule has 3 rings (SSSR count). The lowest BCUT2D eigenvalue weighted by Gasteiger charge is -2.22. The van der Waals surface area contributed by atoms with E-state index in [4.69, 9.17) is 5.73 Å². The van der Waals surface area contributed by atoms with Gasteiger partial charge in [0.15, 0.2) is 0 Å². The van der Waals surface area contributed by atoms with Crippen LogP contribution in [0, 0.1) is 0 Å². The van der Waals surface area contributed by atoms with Crippen molar-refractivity contribution in [1.82, 2.24) is 0 Å². The molecule has 0 aromatic heterocycles. The van der Waals surface area contributed by atoms with Crippen LogP contribution in [0.25, 0.3) is 0 Å². The highest BCUT2D eigenvalue weighted by Gasteiger charge is 2.10. The van der Waals surface area contributed by atoms with Crippen molar-refractivity contribution in [3.8, 4) is 0 Å². The Kier molecular flexibility index (Phi) is 3.64. The van der Waals surface area contributed by atoms with Crippen molar-refractivity contribution in [2.45, 2.75) is 32.2 Å². The molecule has 0 heterocycles. The molecule has 2 aromatic rings. The molecule has 2 aromatic carbocycles. The zero-order chi connectivity index (χ0) is 13.9. The number of benzene rings is 2. The van der Waals surface area contributed by atoms with Gasteiger partial charge in [0.25, 0.3) is 0 Å². The molecule has 0 saturated carbocycles. The second kappa shape index (κ2) is 5.58. The Morgan fingerprint density at radius 1 is 0.950 bits per heavy atom. The first-order chi connectivity index (χ1) is 9.72. The summed E-state index contributed by atoms with van der Waals surface area (Å²) in [6.07, 6.45) is 5.18. The van der Waals surface area contributed by atoms with E-state index in [0.29, 0.717) is 0 Å². The second-order valence-electron chi connectivity index (χ2n) is 5.76. The summed E-state index contributed by atoms with van der Waals surface area (Å²) < 4.78 is 0. The predicted octanol–water partition coefficient (Wildman–Crippen LogP) is 3.78. The minimum Gasteiger partial charge on any atom is -0.399 e. The summed E-state index contributed by atoms with van der Waals surface area (Å²) in [5.74, 6) is 0. The van der Waals surface area contributed by atoms with Gasteiger partial charge in [-0.1, -0.05) is 18.2 Å². The van der Waals surface area contributed by atoms with Crippen LogP contribution in [0.15, 0.2) is 42.5 Å². The van der Waals surface area contributed by atoms with E-state index < -0.39 is 0 Å². The van der Waals surface area contributed by atoms with Gasteiger partial charge < -0.3 is 10.6 Å². The molecule has 0 bridgehead atoms. The molecule has 104 valence electrons. The van der Waals surface area contributed by atoms with Gasteiger partial charge in [-0.3, -0.25) is 0 Å². The van der Waals surface area contributed by atoms with Crippen LogP contribution in [0.1, 0.15) is 29.5 Å². The van der Waals surface area contributed by atoms with Crippen LogP contribution in [0.2, 0.25) is 0 Å². The lowest BCUT2D eigenvalue weighted by molar-refractivity contribution is 0.684. The molecule has 1 aliphatic rings. The molecule has 1 aliphatic carbocycles. The number of fused-ring (bicyclic) bond motifs is 1. The summed E-state index contributed by atoms with van der Waals surface area (Å²) >= 11 is 0. The maximum atomic E-state index is 5.74. The Morgan fingerprint density at radius 2 is 1.65 bits per heavy atom. The molecule has 0 radical (unpaired) electrons.